The Morgan fingerprint density at radius 2 is 2.12 bits per heavy atom. The molecule has 1 aliphatic rings. The lowest BCUT2D eigenvalue weighted by Gasteiger charge is -2.16. The topological polar surface area (TPSA) is 46.3 Å². The number of carbonyl (C=O) groups excluding carboxylic acids is 1. The van der Waals surface area contributed by atoms with E-state index in [2.05, 4.69) is 6.92 Å². The van der Waals surface area contributed by atoms with Gasteiger partial charge in [0, 0.05) is 18.7 Å². The maximum atomic E-state index is 12.2. The molecular formula is C14H20N2O. The predicted molar refractivity (Wildman–Crippen MR) is 68.9 cm³/mol. The molecule has 1 aromatic carbocycles. The van der Waals surface area contributed by atoms with Gasteiger partial charge in [0.15, 0.2) is 0 Å². The van der Waals surface area contributed by atoms with Crippen molar-refractivity contribution in [1.82, 2.24) is 4.90 Å². The van der Waals surface area contributed by atoms with Crippen LogP contribution in [-0.2, 0) is 6.42 Å². The highest BCUT2D eigenvalue weighted by molar-refractivity contribution is 5.94. The zero-order chi connectivity index (χ0) is 12.3. The number of hydrogen-bond acceptors (Lipinski definition) is 2. The van der Waals surface area contributed by atoms with Crippen molar-refractivity contribution in [3.05, 3.63) is 35.4 Å². The number of nitrogens with two attached hydrogens (primary N) is 1. The van der Waals surface area contributed by atoms with E-state index >= 15 is 0 Å². The molecular weight excluding hydrogens is 212 g/mol. The summed E-state index contributed by atoms with van der Waals surface area (Å²) in [6.45, 7) is 4.63. The van der Waals surface area contributed by atoms with E-state index in [1.807, 2.05) is 29.2 Å². The molecule has 0 aliphatic carbocycles. The molecule has 3 nitrogen and oxygen atoms in total. The quantitative estimate of drug-likeness (QED) is 0.861. The molecule has 1 fully saturated rings. The predicted octanol–water partition coefficient (Wildman–Crippen LogP) is 1.67. The summed E-state index contributed by atoms with van der Waals surface area (Å²) in [4.78, 5) is 14.1. The molecule has 0 radical (unpaired) electrons. The van der Waals surface area contributed by atoms with Crippen molar-refractivity contribution in [1.29, 1.82) is 0 Å². The molecule has 0 saturated carbocycles. The Kier molecular flexibility index (Phi) is 3.79. The van der Waals surface area contributed by atoms with Crippen LogP contribution in [0.4, 0.5) is 0 Å². The molecule has 1 saturated heterocycles. The lowest BCUT2D eigenvalue weighted by atomic mass is 10.1. The Balaban J connectivity index is 2.04. The van der Waals surface area contributed by atoms with Crippen LogP contribution in [0.5, 0.6) is 0 Å². The van der Waals surface area contributed by atoms with E-state index in [4.69, 9.17) is 5.73 Å². The molecule has 2 rings (SSSR count). The van der Waals surface area contributed by atoms with E-state index in [0.717, 1.165) is 31.5 Å². The number of carbonyl (C=O) groups is 1. The summed E-state index contributed by atoms with van der Waals surface area (Å²) in [6, 6.07) is 7.83. The molecule has 1 aromatic rings. The highest BCUT2D eigenvalue weighted by Crippen LogP contribution is 2.18. The molecule has 1 aliphatic heterocycles. The first kappa shape index (κ1) is 12.1. The molecule has 0 aromatic heterocycles. The average molecular weight is 232 g/mol. The number of rotatable bonds is 3. The zero-order valence-electron chi connectivity index (χ0n) is 10.4. The van der Waals surface area contributed by atoms with Crippen LogP contribution in [0, 0.1) is 5.92 Å². The summed E-state index contributed by atoms with van der Waals surface area (Å²) in [7, 11) is 0. The van der Waals surface area contributed by atoms with E-state index in [-0.39, 0.29) is 5.91 Å². The largest absolute Gasteiger partial charge is 0.338 e. The van der Waals surface area contributed by atoms with Crippen molar-refractivity contribution in [3.63, 3.8) is 0 Å². The van der Waals surface area contributed by atoms with Gasteiger partial charge in [0.1, 0.15) is 0 Å². The van der Waals surface area contributed by atoms with Crippen molar-refractivity contribution < 1.29 is 4.79 Å². The van der Waals surface area contributed by atoms with Gasteiger partial charge < -0.3 is 10.6 Å². The van der Waals surface area contributed by atoms with Gasteiger partial charge in [-0.1, -0.05) is 19.1 Å². The molecule has 1 atom stereocenters. The lowest BCUT2D eigenvalue weighted by molar-refractivity contribution is 0.0788. The highest BCUT2D eigenvalue weighted by atomic mass is 16.2. The number of amides is 1. The lowest BCUT2D eigenvalue weighted by Crippen LogP contribution is -2.28. The number of nitrogens with zero attached hydrogens (tertiary/aromatic N) is 1. The molecule has 1 amide bonds. The van der Waals surface area contributed by atoms with Gasteiger partial charge in [-0.05, 0) is 43.0 Å². The highest BCUT2D eigenvalue weighted by Gasteiger charge is 2.23. The zero-order valence-corrected chi connectivity index (χ0v) is 10.4. The van der Waals surface area contributed by atoms with Gasteiger partial charge in [-0.15, -0.1) is 0 Å². The van der Waals surface area contributed by atoms with Crippen molar-refractivity contribution >= 4 is 5.91 Å². The maximum Gasteiger partial charge on any atom is 0.253 e. The molecule has 2 N–H and O–H groups in total. The van der Waals surface area contributed by atoms with Gasteiger partial charge in [-0.25, -0.2) is 0 Å². The fraction of sp³-hybridized carbons (Fsp3) is 0.500. The molecule has 92 valence electrons. The SMILES string of the molecule is CC1CCN(C(=O)c2ccc(CCN)cc2)C1. The second kappa shape index (κ2) is 5.32. The van der Waals surface area contributed by atoms with Crippen LogP contribution < -0.4 is 5.73 Å². The summed E-state index contributed by atoms with van der Waals surface area (Å²) >= 11 is 0. The Bertz CT molecular complexity index is 386. The van der Waals surface area contributed by atoms with Crippen LogP contribution in [0.15, 0.2) is 24.3 Å². The van der Waals surface area contributed by atoms with Gasteiger partial charge in [0.2, 0.25) is 0 Å². The molecule has 3 heteroatoms. The maximum absolute atomic E-state index is 12.2. The summed E-state index contributed by atoms with van der Waals surface area (Å²) in [5, 5.41) is 0. The second-order valence-electron chi connectivity index (χ2n) is 4.88. The third-order valence-electron chi connectivity index (χ3n) is 3.34. The normalized spacial score (nSPS) is 19.6. The minimum atomic E-state index is 0.161. The summed E-state index contributed by atoms with van der Waals surface area (Å²) in [6.07, 6.45) is 1.99. The number of benzene rings is 1. The minimum Gasteiger partial charge on any atom is -0.338 e. The smallest absolute Gasteiger partial charge is 0.253 e. The van der Waals surface area contributed by atoms with Crippen molar-refractivity contribution in [2.24, 2.45) is 11.7 Å². The first-order valence-electron chi connectivity index (χ1n) is 6.29. The first-order chi connectivity index (χ1) is 8.20. The Morgan fingerprint density at radius 3 is 2.65 bits per heavy atom. The molecule has 1 heterocycles. The van der Waals surface area contributed by atoms with Gasteiger partial charge in [0.25, 0.3) is 5.91 Å². The van der Waals surface area contributed by atoms with E-state index in [0.29, 0.717) is 12.5 Å². The van der Waals surface area contributed by atoms with E-state index < -0.39 is 0 Å². The van der Waals surface area contributed by atoms with Crippen LogP contribution >= 0.6 is 0 Å². The molecule has 17 heavy (non-hydrogen) atoms. The van der Waals surface area contributed by atoms with Crippen LogP contribution in [0.3, 0.4) is 0 Å². The molecule has 0 spiro atoms. The Morgan fingerprint density at radius 1 is 1.41 bits per heavy atom. The third kappa shape index (κ3) is 2.86. The number of likely N-dealkylation sites (tertiary alicyclic amines) is 1. The minimum absolute atomic E-state index is 0.161. The molecule has 0 bridgehead atoms. The summed E-state index contributed by atoms with van der Waals surface area (Å²) < 4.78 is 0. The summed E-state index contributed by atoms with van der Waals surface area (Å²) in [5.74, 6) is 0.795. The fourth-order valence-corrected chi connectivity index (χ4v) is 2.28. The van der Waals surface area contributed by atoms with E-state index in [9.17, 15) is 4.79 Å². The average Bonchev–Trinajstić information content (AvgIpc) is 2.76. The number of hydrogen-bond donors (Lipinski definition) is 1. The van der Waals surface area contributed by atoms with Gasteiger partial charge >= 0.3 is 0 Å². The third-order valence-corrected chi connectivity index (χ3v) is 3.34. The van der Waals surface area contributed by atoms with Gasteiger partial charge in [0.05, 0.1) is 0 Å². The Labute approximate surface area is 103 Å². The molecule has 1 unspecified atom stereocenters. The van der Waals surface area contributed by atoms with E-state index in [1.54, 1.807) is 0 Å². The first-order valence-corrected chi connectivity index (χ1v) is 6.29. The standard InChI is InChI=1S/C14H20N2O/c1-11-7-9-16(10-11)14(17)13-4-2-12(3-5-13)6-8-15/h2-5,11H,6-10,15H2,1H3. The Hall–Kier alpha value is -1.35. The second-order valence-corrected chi connectivity index (χ2v) is 4.88. The van der Waals surface area contributed by atoms with Crippen molar-refractivity contribution in [3.8, 4) is 0 Å². The van der Waals surface area contributed by atoms with Crippen molar-refractivity contribution in [2.75, 3.05) is 19.6 Å². The van der Waals surface area contributed by atoms with E-state index in [1.165, 1.54) is 5.56 Å². The monoisotopic (exact) mass is 232 g/mol. The van der Waals surface area contributed by atoms with Crippen LogP contribution in [0.1, 0.15) is 29.3 Å². The van der Waals surface area contributed by atoms with Crippen LogP contribution in [0.25, 0.3) is 0 Å². The van der Waals surface area contributed by atoms with Gasteiger partial charge in [-0.3, -0.25) is 4.79 Å². The van der Waals surface area contributed by atoms with Crippen LogP contribution in [-0.4, -0.2) is 30.4 Å². The van der Waals surface area contributed by atoms with Crippen molar-refractivity contribution in [2.45, 2.75) is 19.8 Å². The van der Waals surface area contributed by atoms with Crippen LogP contribution in [0.2, 0.25) is 0 Å². The van der Waals surface area contributed by atoms with Gasteiger partial charge in [-0.2, -0.15) is 0 Å². The summed E-state index contributed by atoms with van der Waals surface area (Å²) in [5.41, 5.74) is 7.48. The fourth-order valence-electron chi connectivity index (χ4n) is 2.28.